The van der Waals surface area contributed by atoms with Gasteiger partial charge in [-0.05, 0) is 42.0 Å². The van der Waals surface area contributed by atoms with Crippen molar-refractivity contribution in [2.24, 2.45) is 5.18 Å². The van der Waals surface area contributed by atoms with E-state index in [-0.39, 0.29) is 0 Å². The molecule has 7 heteroatoms. The highest BCUT2D eigenvalue weighted by molar-refractivity contribution is 6.30. The molecule has 1 atom stereocenters. The SMILES string of the molecule is O=NC(Cn1cncn1)c1ccc(Oc2ccc(Cl)cc2)cc1. The highest BCUT2D eigenvalue weighted by Crippen LogP contribution is 2.26. The van der Waals surface area contributed by atoms with E-state index in [1.807, 2.05) is 12.1 Å². The Morgan fingerprint density at radius 2 is 1.74 bits per heavy atom. The topological polar surface area (TPSA) is 69.4 Å². The van der Waals surface area contributed by atoms with Crippen molar-refractivity contribution in [1.82, 2.24) is 14.8 Å². The first kappa shape index (κ1) is 15.2. The first-order valence-electron chi connectivity index (χ1n) is 6.93. The normalized spacial score (nSPS) is 11.9. The van der Waals surface area contributed by atoms with Crippen molar-refractivity contribution in [2.45, 2.75) is 12.6 Å². The van der Waals surface area contributed by atoms with Crippen molar-refractivity contribution in [2.75, 3.05) is 0 Å². The Morgan fingerprint density at radius 1 is 1.09 bits per heavy atom. The van der Waals surface area contributed by atoms with E-state index in [0.29, 0.717) is 23.1 Å². The van der Waals surface area contributed by atoms with Gasteiger partial charge in [-0.25, -0.2) is 4.98 Å². The Morgan fingerprint density at radius 3 is 2.30 bits per heavy atom. The molecule has 0 fully saturated rings. The van der Waals surface area contributed by atoms with Crippen LogP contribution in [0.5, 0.6) is 11.5 Å². The van der Waals surface area contributed by atoms with Crippen LogP contribution in [0.2, 0.25) is 5.02 Å². The number of aromatic nitrogens is 3. The third-order valence-corrected chi connectivity index (χ3v) is 3.52. The number of ether oxygens (including phenoxy) is 1. The van der Waals surface area contributed by atoms with Gasteiger partial charge < -0.3 is 4.74 Å². The predicted octanol–water partition coefficient (Wildman–Crippen LogP) is 4.23. The van der Waals surface area contributed by atoms with Crippen molar-refractivity contribution in [3.63, 3.8) is 0 Å². The third-order valence-electron chi connectivity index (χ3n) is 3.27. The van der Waals surface area contributed by atoms with Gasteiger partial charge in [0, 0.05) is 5.02 Å². The smallest absolute Gasteiger partial charge is 0.137 e. The summed E-state index contributed by atoms with van der Waals surface area (Å²) in [6, 6.07) is 13.8. The maximum absolute atomic E-state index is 11.1. The minimum atomic E-state index is -0.527. The zero-order chi connectivity index (χ0) is 16.1. The summed E-state index contributed by atoms with van der Waals surface area (Å²) in [7, 11) is 0. The van der Waals surface area contributed by atoms with E-state index in [4.69, 9.17) is 16.3 Å². The summed E-state index contributed by atoms with van der Waals surface area (Å²) in [5.74, 6) is 1.36. The van der Waals surface area contributed by atoms with Crippen LogP contribution in [-0.4, -0.2) is 14.8 Å². The van der Waals surface area contributed by atoms with Crippen molar-refractivity contribution in [1.29, 1.82) is 0 Å². The van der Waals surface area contributed by atoms with E-state index in [1.165, 1.54) is 6.33 Å². The lowest BCUT2D eigenvalue weighted by Gasteiger charge is -2.11. The monoisotopic (exact) mass is 328 g/mol. The molecule has 0 saturated heterocycles. The molecule has 0 aliphatic rings. The molecule has 3 aromatic rings. The number of nitrogens with zero attached hydrogens (tertiary/aromatic N) is 4. The number of nitroso groups, excluding NO2 is 1. The van der Waals surface area contributed by atoms with E-state index in [1.54, 1.807) is 47.4 Å². The van der Waals surface area contributed by atoms with E-state index in [2.05, 4.69) is 15.3 Å². The van der Waals surface area contributed by atoms with Crippen molar-refractivity contribution >= 4 is 11.6 Å². The number of rotatable bonds is 6. The van der Waals surface area contributed by atoms with E-state index in [9.17, 15) is 4.91 Å². The van der Waals surface area contributed by atoms with Crippen molar-refractivity contribution in [3.05, 3.63) is 76.7 Å². The highest BCUT2D eigenvalue weighted by Gasteiger charge is 2.13. The second kappa shape index (κ2) is 7.02. The number of hydrogen-bond acceptors (Lipinski definition) is 5. The number of hydrogen-bond donors (Lipinski definition) is 0. The Bertz CT molecular complexity index is 758. The van der Waals surface area contributed by atoms with Gasteiger partial charge >= 0.3 is 0 Å². The molecule has 1 heterocycles. The molecule has 116 valence electrons. The van der Waals surface area contributed by atoms with Crippen LogP contribution in [0.25, 0.3) is 0 Å². The quantitative estimate of drug-likeness (QED) is 0.635. The van der Waals surface area contributed by atoms with Crippen LogP contribution in [0.3, 0.4) is 0 Å². The summed E-state index contributed by atoms with van der Waals surface area (Å²) < 4.78 is 7.29. The first-order chi connectivity index (χ1) is 11.2. The van der Waals surface area contributed by atoms with Gasteiger partial charge in [0.05, 0.1) is 6.54 Å². The molecule has 0 amide bonds. The Kier molecular flexibility index (Phi) is 4.63. The molecule has 2 aromatic carbocycles. The lowest BCUT2D eigenvalue weighted by atomic mass is 10.1. The highest BCUT2D eigenvalue weighted by atomic mass is 35.5. The fourth-order valence-corrected chi connectivity index (χ4v) is 2.23. The summed E-state index contributed by atoms with van der Waals surface area (Å²) in [6.07, 6.45) is 2.97. The summed E-state index contributed by atoms with van der Waals surface area (Å²) in [5, 5.41) is 7.80. The van der Waals surface area contributed by atoms with Gasteiger partial charge in [0.1, 0.15) is 30.2 Å². The van der Waals surface area contributed by atoms with Crippen molar-refractivity contribution in [3.8, 4) is 11.5 Å². The van der Waals surface area contributed by atoms with Crippen LogP contribution in [0.15, 0.2) is 66.4 Å². The van der Waals surface area contributed by atoms with Gasteiger partial charge in [0.2, 0.25) is 0 Å². The molecule has 0 aliphatic carbocycles. The first-order valence-corrected chi connectivity index (χ1v) is 7.30. The molecule has 0 N–H and O–H groups in total. The lowest BCUT2D eigenvalue weighted by Crippen LogP contribution is -2.07. The molecule has 1 unspecified atom stereocenters. The molecule has 0 aliphatic heterocycles. The predicted molar refractivity (Wildman–Crippen MR) is 86.5 cm³/mol. The van der Waals surface area contributed by atoms with Gasteiger partial charge in [-0.2, -0.15) is 10.0 Å². The third kappa shape index (κ3) is 3.92. The molecule has 1 aromatic heterocycles. The molecule has 23 heavy (non-hydrogen) atoms. The van der Waals surface area contributed by atoms with Crippen LogP contribution < -0.4 is 4.74 Å². The largest absolute Gasteiger partial charge is 0.457 e. The van der Waals surface area contributed by atoms with Crippen LogP contribution in [0.1, 0.15) is 11.6 Å². The van der Waals surface area contributed by atoms with Crippen molar-refractivity contribution < 1.29 is 4.74 Å². The number of benzene rings is 2. The van der Waals surface area contributed by atoms with Crippen LogP contribution in [0, 0.1) is 4.91 Å². The maximum Gasteiger partial charge on any atom is 0.137 e. The van der Waals surface area contributed by atoms with Crippen LogP contribution >= 0.6 is 11.6 Å². The second-order valence-corrected chi connectivity index (χ2v) is 5.30. The molecule has 0 spiro atoms. The Labute approximate surface area is 137 Å². The average Bonchev–Trinajstić information content (AvgIpc) is 3.09. The van der Waals surface area contributed by atoms with Gasteiger partial charge in [-0.1, -0.05) is 28.9 Å². The van der Waals surface area contributed by atoms with Crippen LogP contribution in [0.4, 0.5) is 0 Å². The fourth-order valence-electron chi connectivity index (χ4n) is 2.10. The Balaban J connectivity index is 1.70. The standard InChI is InChI=1S/C16H13ClN4O2/c17-13-3-7-15(8-4-13)23-14-5-1-12(2-6-14)16(20-22)9-21-11-18-10-19-21/h1-8,10-11,16H,9H2. The molecule has 3 rings (SSSR count). The maximum atomic E-state index is 11.1. The Hall–Kier alpha value is -2.73. The van der Waals surface area contributed by atoms with E-state index in [0.717, 1.165) is 5.56 Å². The summed E-state index contributed by atoms with van der Waals surface area (Å²) in [6.45, 7) is 0.348. The van der Waals surface area contributed by atoms with Gasteiger partial charge in [-0.15, -0.1) is 0 Å². The summed E-state index contributed by atoms with van der Waals surface area (Å²) >= 11 is 5.84. The van der Waals surface area contributed by atoms with Gasteiger partial charge in [0.25, 0.3) is 0 Å². The number of halogens is 1. The van der Waals surface area contributed by atoms with Crippen LogP contribution in [-0.2, 0) is 6.54 Å². The summed E-state index contributed by atoms with van der Waals surface area (Å²) in [5.41, 5.74) is 0.791. The molecule has 0 radical (unpaired) electrons. The van der Waals surface area contributed by atoms with Gasteiger partial charge in [0.15, 0.2) is 0 Å². The lowest BCUT2D eigenvalue weighted by molar-refractivity contribution is 0.481. The van der Waals surface area contributed by atoms with E-state index < -0.39 is 6.04 Å². The molecular weight excluding hydrogens is 316 g/mol. The van der Waals surface area contributed by atoms with E-state index >= 15 is 0 Å². The molecular formula is C16H13ClN4O2. The zero-order valence-corrected chi connectivity index (χ0v) is 12.8. The molecule has 6 nitrogen and oxygen atoms in total. The zero-order valence-electron chi connectivity index (χ0n) is 12.0. The fraction of sp³-hybridized carbons (Fsp3) is 0.125. The summed E-state index contributed by atoms with van der Waals surface area (Å²) in [4.78, 5) is 14.9. The minimum absolute atomic E-state index is 0.348. The second-order valence-electron chi connectivity index (χ2n) is 4.86. The minimum Gasteiger partial charge on any atom is -0.457 e. The molecule has 0 bridgehead atoms. The molecule has 0 saturated carbocycles. The average molecular weight is 329 g/mol. The van der Waals surface area contributed by atoms with Gasteiger partial charge in [-0.3, -0.25) is 4.68 Å².